The van der Waals surface area contributed by atoms with Crippen LogP contribution in [0.2, 0.25) is 0 Å². The molecular formula is C113H97F10N15O. The highest BCUT2D eigenvalue weighted by Gasteiger charge is 2.45. The fourth-order valence-corrected chi connectivity index (χ4v) is 19.7. The van der Waals surface area contributed by atoms with Crippen LogP contribution < -0.4 is 49.0 Å². The van der Waals surface area contributed by atoms with Gasteiger partial charge in [-0.1, -0.05) is 158 Å². The monoisotopic (exact) mass is 1870 g/mol. The summed E-state index contributed by atoms with van der Waals surface area (Å²) in [5.74, 6) is -8.24. The molecule has 0 N–H and O–H groups in total. The molecule has 0 amide bonds. The fourth-order valence-electron chi connectivity index (χ4n) is 19.7. The lowest BCUT2D eigenvalue weighted by molar-refractivity contribution is 0.593. The van der Waals surface area contributed by atoms with Crippen LogP contribution in [0.15, 0.2) is 217 Å². The molecule has 0 unspecified atom stereocenters. The van der Waals surface area contributed by atoms with E-state index in [-0.39, 0.29) is 59.3 Å². The van der Waals surface area contributed by atoms with Gasteiger partial charge >= 0.3 is 0 Å². The van der Waals surface area contributed by atoms with Gasteiger partial charge in [0.1, 0.15) is 65.5 Å². The van der Waals surface area contributed by atoms with Crippen molar-refractivity contribution in [1.82, 2.24) is 0 Å². The van der Waals surface area contributed by atoms with Gasteiger partial charge in [0.05, 0.1) is 101 Å². The van der Waals surface area contributed by atoms with Crippen molar-refractivity contribution in [2.45, 2.75) is 128 Å². The van der Waals surface area contributed by atoms with Crippen molar-refractivity contribution < 1.29 is 48.3 Å². The molecule has 26 heteroatoms. The smallest absolute Gasteiger partial charge is 0.259 e. The summed E-state index contributed by atoms with van der Waals surface area (Å²) < 4.78 is 153. The zero-order valence-corrected chi connectivity index (χ0v) is 80.0. The number of halogens is 10. The SMILES string of the molecule is [C-]#[N+]c1c(F)cc2c(c1F)N(C)[C@H](C)N2c1c(C)c(C)c(C)c(C)c1C.[C-]#[N+]c1c(F)cc2c(c1F)N(C)[C@H](C)N2c1c(C)ccc2c1oc1ccccc12.[C-]#[N+]c1c(F)cc2c(c1F)N(C)[C@H](C)N2c1c(C)cccc1-c1ccccc1.[C-]#[N+]c1c(F)cc2c(c1F)N(C)[C@H](C)N2c1cc(-c2ccccc2)ccc1C.[C-]#[N+]c1c(F)cc2c(c1F)N(C)[C@H](C)N2c1ccc(-c2ccccc2)cc1C. The molecule has 5 atom stereocenters. The number of fused-ring (bicyclic) bond motifs is 8. The van der Waals surface area contributed by atoms with Gasteiger partial charge in [-0.15, -0.1) is 0 Å². The van der Waals surface area contributed by atoms with E-state index in [9.17, 15) is 43.9 Å². The first kappa shape index (κ1) is 95.8. The fraction of sp³-hybridized carbons (Fsp3) is 0.212. The van der Waals surface area contributed by atoms with Crippen LogP contribution in [0, 0.1) is 153 Å². The van der Waals surface area contributed by atoms with E-state index in [1.165, 1.54) is 47.0 Å². The van der Waals surface area contributed by atoms with Crippen molar-refractivity contribution in [2.75, 3.05) is 84.2 Å². The van der Waals surface area contributed by atoms with Gasteiger partial charge in [-0.3, -0.25) is 0 Å². The Labute approximate surface area is 802 Å². The van der Waals surface area contributed by atoms with Crippen LogP contribution in [-0.4, -0.2) is 66.1 Å². The first-order valence-electron chi connectivity index (χ1n) is 44.9. The maximum Gasteiger partial charge on any atom is 0.259 e. The number of nitrogens with zero attached hydrogens (tertiary/aromatic N) is 15. The molecule has 139 heavy (non-hydrogen) atoms. The number of para-hydroxylation sites is 2. The second-order valence-corrected chi connectivity index (χ2v) is 35.3. The second kappa shape index (κ2) is 37.7. The minimum Gasteiger partial charge on any atom is -0.454 e. The molecule has 6 heterocycles. The first-order chi connectivity index (χ1) is 66.4. The number of anilines is 15. The third-order valence-corrected chi connectivity index (χ3v) is 27.9. The van der Waals surface area contributed by atoms with Gasteiger partial charge in [-0.05, 0) is 229 Å². The quantitative estimate of drug-likeness (QED) is 0.108. The Bertz CT molecular complexity index is 7700. The number of hydrogen-bond donors (Lipinski definition) is 0. The van der Waals surface area contributed by atoms with Gasteiger partial charge in [-0.25, -0.2) is 68.1 Å². The van der Waals surface area contributed by atoms with Crippen molar-refractivity contribution in [1.29, 1.82) is 0 Å². The molecular weight excluding hydrogens is 1770 g/mol. The van der Waals surface area contributed by atoms with Crippen molar-refractivity contribution >= 4 is 136 Å². The molecule has 0 fully saturated rings. The van der Waals surface area contributed by atoms with Crippen LogP contribution >= 0.6 is 0 Å². The van der Waals surface area contributed by atoms with E-state index in [0.717, 1.165) is 112 Å². The van der Waals surface area contributed by atoms with E-state index < -0.39 is 86.6 Å². The summed E-state index contributed by atoms with van der Waals surface area (Å²) in [5.41, 5.74) is 22.6. The lowest BCUT2D eigenvalue weighted by atomic mass is 9.92. The normalized spacial score (nSPS) is 15.7. The Hall–Kier alpha value is -16.4. The maximum atomic E-state index is 15.0. The molecule has 20 rings (SSSR count). The Morgan fingerprint density at radius 2 is 0.561 bits per heavy atom. The number of benzene rings is 14. The molecule has 16 nitrogen and oxygen atoms in total. The van der Waals surface area contributed by atoms with Crippen molar-refractivity contribution in [2.24, 2.45) is 0 Å². The lowest BCUT2D eigenvalue weighted by Gasteiger charge is -2.32. The van der Waals surface area contributed by atoms with E-state index in [1.54, 1.807) is 59.7 Å². The molecule has 0 saturated heterocycles. The Morgan fingerprint density at radius 1 is 0.245 bits per heavy atom. The zero-order chi connectivity index (χ0) is 99.9. The molecule has 1 aromatic heterocycles. The lowest BCUT2D eigenvalue weighted by Crippen LogP contribution is -2.36. The van der Waals surface area contributed by atoms with Crippen LogP contribution in [-0.2, 0) is 0 Å². The van der Waals surface area contributed by atoms with Crippen LogP contribution in [0.25, 0.3) is 79.5 Å². The van der Waals surface area contributed by atoms with Crippen LogP contribution in [0.5, 0.6) is 0 Å². The molecule has 15 aromatic rings. The van der Waals surface area contributed by atoms with Crippen molar-refractivity contribution in [3.05, 3.63) is 378 Å². The van der Waals surface area contributed by atoms with E-state index in [0.29, 0.717) is 34.0 Å². The molecule has 0 radical (unpaired) electrons. The number of hydrogen-bond acceptors (Lipinski definition) is 11. The summed E-state index contributed by atoms with van der Waals surface area (Å²) in [4.78, 5) is 33.6. The van der Waals surface area contributed by atoms with Crippen LogP contribution in [0.4, 0.5) is 158 Å². The van der Waals surface area contributed by atoms with Gasteiger partial charge in [-0.2, -0.15) is 0 Å². The predicted molar refractivity (Wildman–Crippen MR) is 542 cm³/mol. The minimum absolute atomic E-state index is 0.196. The van der Waals surface area contributed by atoms with Crippen LogP contribution in [0.1, 0.15) is 84.7 Å². The molecule has 0 saturated carbocycles. The van der Waals surface area contributed by atoms with E-state index in [2.05, 4.69) is 64.9 Å². The summed E-state index contributed by atoms with van der Waals surface area (Å²) in [6, 6.07) is 66.2. The molecule has 700 valence electrons. The molecule has 0 aliphatic carbocycles. The molecule has 5 aliphatic heterocycles. The summed E-state index contributed by atoms with van der Waals surface area (Å²) in [6.07, 6.45) is -1.18. The van der Waals surface area contributed by atoms with Gasteiger partial charge in [0.2, 0.25) is 0 Å². The van der Waals surface area contributed by atoms with E-state index in [1.807, 2.05) is 263 Å². The average Bonchev–Trinajstić information content (AvgIpc) is 1.57. The third kappa shape index (κ3) is 16.0. The van der Waals surface area contributed by atoms with Gasteiger partial charge in [0, 0.05) is 68.6 Å². The second-order valence-electron chi connectivity index (χ2n) is 35.3. The highest BCUT2D eigenvalue weighted by atomic mass is 19.2. The van der Waals surface area contributed by atoms with Crippen molar-refractivity contribution in [3.8, 4) is 33.4 Å². The van der Waals surface area contributed by atoms with Gasteiger partial charge in [0.15, 0.2) is 34.7 Å². The molecule has 14 aromatic carbocycles. The highest BCUT2D eigenvalue weighted by molar-refractivity contribution is 6.11. The largest absolute Gasteiger partial charge is 0.454 e. The summed E-state index contributed by atoms with van der Waals surface area (Å²) in [6.45, 7) is 63.4. The Morgan fingerprint density at radius 3 is 0.957 bits per heavy atom. The molecule has 5 aliphatic rings. The first-order valence-corrected chi connectivity index (χ1v) is 44.9. The average molecular weight is 1870 g/mol. The standard InChI is InChI=1S/C23H17F2N3O.3C23H19F2N3.C21H23F2N3/c1-12-9-10-15-14-7-5-6-8-18(14)29-23(15)21(12)28-13(2)27(4)22-17(28)11-16(24)20(26-3)19(22)25;1-14-9-8-12-17(16-10-6-5-7-11-16)22(14)28-15(2)27(4)23-19(28)13-18(24)21(26-3)20(23)25;1-14-12-17(16-8-6-5-7-9-16)10-11-19(14)28-15(2)27(4)23-20(28)13-18(24)22(26-3)21(23)25;1-14-10-11-17(16-8-6-5-7-9-16)12-19(14)28-15(2)27(4)23-20(28)13-18(24)22(26-3)21(23)25;1-10-11(2)13(4)20(14(5)12(10)3)26-15(6)25(8)21-17(26)9-16(22)19(24-7)18(21)23/h5-11,13H,1-2,4H3;3*5-13,15H,1-2,4H3;9,15H,1-6,8H3/t13-;4*15-/m00000/s1. The van der Waals surface area contributed by atoms with E-state index in [4.69, 9.17) is 37.3 Å². The number of rotatable bonds is 8. The molecule has 0 bridgehead atoms. The van der Waals surface area contributed by atoms with Crippen molar-refractivity contribution in [3.63, 3.8) is 0 Å². The minimum atomic E-state index is -0.863. The van der Waals surface area contributed by atoms with Crippen LogP contribution in [0.3, 0.4) is 0 Å². The predicted octanol–water partition coefficient (Wildman–Crippen LogP) is 31.9. The maximum absolute atomic E-state index is 15.0. The Kier molecular flexibility index (Phi) is 26.0. The zero-order valence-electron chi connectivity index (χ0n) is 80.0. The van der Waals surface area contributed by atoms with Gasteiger partial charge < -0.3 is 53.4 Å². The summed E-state index contributed by atoms with van der Waals surface area (Å²) in [7, 11) is 8.79. The molecule has 0 spiro atoms. The number of aryl methyl sites for hydroxylation is 4. The summed E-state index contributed by atoms with van der Waals surface area (Å²) >= 11 is 0. The van der Waals surface area contributed by atoms with Gasteiger partial charge in [0.25, 0.3) is 28.4 Å². The number of furan rings is 1. The van der Waals surface area contributed by atoms with E-state index >= 15 is 0 Å². The highest BCUT2D eigenvalue weighted by Crippen LogP contribution is 2.58. The summed E-state index contributed by atoms with van der Waals surface area (Å²) in [5, 5.41) is 1.94. The third-order valence-electron chi connectivity index (χ3n) is 27.9. The topological polar surface area (TPSA) is 67.3 Å². The Balaban J connectivity index is 0.000000126.